The van der Waals surface area contributed by atoms with Crippen LogP contribution in [0.4, 0.5) is 17.5 Å². The average Bonchev–Trinajstić information content (AvgIpc) is 3.35. The number of nitrogens with one attached hydrogen (secondary N) is 1. The van der Waals surface area contributed by atoms with Crippen LogP contribution in [-0.2, 0) is 17.8 Å². The van der Waals surface area contributed by atoms with E-state index in [0.29, 0.717) is 5.95 Å². The monoisotopic (exact) mass is 403 g/mol. The van der Waals surface area contributed by atoms with Gasteiger partial charge in [0.15, 0.2) is 0 Å². The highest BCUT2D eigenvalue weighted by atomic mass is 16.2. The maximum Gasteiger partial charge on any atom is 0.245 e. The number of anilines is 3. The summed E-state index contributed by atoms with van der Waals surface area (Å²) in [7, 11) is 3.90. The Balaban J connectivity index is 1.53. The summed E-state index contributed by atoms with van der Waals surface area (Å²) in [6.45, 7) is 0.257. The summed E-state index contributed by atoms with van der Waals surface area (Å²) in [5.74, 6) is 1.57. The fourth-order valence-electron chi connectivity index (χ4n) is 4.54. The Labute approximate surface area is 175 Å². The summed E-state index contributed by atoms with van der Waals surface area (Å²) >= 11 is 0. The molecular weight excluding hydrogens is 378 g/mol. The Morgan fingerprint density at radius 3 is 2.73 bits per heavy atom. The van der Waals surface area contributed by atoms with Crippen LogP contribution in [-0.4, -0.2) is 50.7 Å². The molecule has 2 atom stereocenters. The summed E-state index contributed by atoms with van der Waals surface area (Å²) in [5.41, 5.74) is 3.06. The van der Waals surface area contributed by atoms with Crippen molar-refractivity contribution in [2.45, 2.75) is 37.9 Å². The van der Waals surface area contributed by atoms with Crippen molar-refractivity contribution in [3.8, 4) is 0 Å². The molecule has 1 aromatic carbocycles. The lowest BCUT2D eigenvalue weighted by Gasteiger charge is -2.37. The molecule has 8 nitrogen and oxygen atoms in total. The molecular formula is C22H25N7O. The number of benzene rings is 1. The Morgan fingerprint density at radius 2 is 2.00 bits per heavy atom. The minimum absolute atomic E-state index is 0.00997. The molecule has 1 N–H and O–H groups in total. The maximum atomic E-state index is 13.2. The highest BCUT2D eigenvalue weighted by Crippen LogP contribution is 2.46. The number of carbonyl (C=O) groups is 1. The number of amides is 1. The van der Waals surface area contributed by atoms with Gasteiger partial charge in [-0.1, -0.05) is 18.2 Å². The molecule has 154 valence electrons. The molecule has 1 amide bonds. The lowest BCUT2D eigenvalue weighted by atomic mass is 9.97. The Kier molecular flexibility index (Phi) is 4.61. The van der Waals surface area contributed by atoms with Gasteiger partial charge < -0.3 is 15.1 Å². The third-order valence-corrected chi connectivity index (χ3v) is 5.86. The SMILES string of the molecule is CN(C)c1nc2c(c(Nc3ccccc3)n1)C1CCC(C2)N1C(=O)Cn1cccn1. The van der Waals surface area contributed by atoms with Gasteiger partial charge >= 0.3 is 0 Å². The van der Waals surface area contributed by atoms with Gasteiger partial charge in [0, 0.05) is 50.2 Å². The van der Waals surface area contributed by atoms with E-state index in [4.69, 9.17) is 9.97 Å². The normalized spacial score (nSPS) is 19.5. The minimum Gasteiger partial charge on any atom is -0.347 e. The van der Waals surface area contributed by atoms with Crippen molar-refractivity contribution < 1.29 is 4.79 Å². The van der Waals surface area contributed by atoms with Gasteiger partial charge in [0.25, 0.3) is 0 Å². The highest BCUT2D eigenvalue weighted by Gasteiger charge is 2.45. The van der Waals surface area contributed by atoms with E-state index in [1.54, 1.807) is 10.9 Å². The summed E-state index contributed by atoms with van der Waals surface area (Å²) in [6, 6.07) is 12.0. The number of carbonyl (C=O) groups excluding carboxylic acids is 1. The second kappa shape index (κ2) is 7.44. The minimum atomic E-state index is -0.00997. The molecule has 0 spiro atoms. The van der Waals surface area contributed by atoms with Gasteiger partial charge in [-0.3, -0.25) is 9.48 Å². The Hall–Kier alpha value is -3.42. The predicted octanol–water partition coefficient (Wildman–Crippen LogP) is 2.77. The predicted molar refractivity (Wildman–Crippen MR) is 115 cm³/mol. The number of nitrogens with zero attached hydrogens (tertiary/aromatic N) is 6. The van der Waals surface area contributed by atoms with Crippen LogP contribution in [0.2, 0.25) is 0 Å². The number of hydrogen-bond acceptors (Lipinski definition) is 6. The van der Waals surface area contributed by atoms with Crippen molar-refractivity contribution in [1.29, 1.82) is 0 Å². The van der Waals surface area contributed by atoms with Crippen LogP contribution >= 0.6 is 0 Å². The zero-order valence-electron chi connectivity index (χ0n) is 17.2. The summed E-state index contributed by atoms with van der Waals surface area (Å²) in [6.07, 6.45) is 6.19. The van der Waals surface area contributed by atoms with E-state index >= 15 is 0 Å². The third-order valence-electron chi connectivity index (χ3n) is 5.86. The summed E-state index contributed by atoms with van der Waals surface area (Å²) < 4.78 is 1.69. The zero-order chi connectivity index (χ0) is 20.7. The van der Waals surface area contributed by atoms with Crippen molar-refractivity contribution >= 4 is 23.4 Å². The molecule has 2 aliphatic heterocycles. The van der Waals surface area contributed by atoms with Gasteiger partial charge in [-0.2, -0.15) is 10.1 Å². The number of aromatic nitrogens is 4. The van der Waals surface area contributed by atoms with Crippen molar-refractivity contribution in [3.63, 3.8) is 0 Å². The lowest BCUT2D eigenvalue weighted by molar-refractivity contribution is -0.135. The summed E-state index contributed by atoms with van der Waals surface area (Å²) in [4.78, 5) is 26.8. The Bertz CT molecular complexity index is 1050. The molecule has 2 bridgehead atoms. The number of rotatable bonds is 5. The molecule has 3 aromatic rings. The molecule has 2 aliphatic rings. The van der Waals surface area contributed by atoms with Crippen LogP contribution in [0.3, 0.4) is 0 Å². The van der Waals surface area contributed by atoms with Crippen molar-refractivity contribution in [2.24, 2.45) is 0 Å². The van der Waals surface area contributed by atoms with Gasteiger partial charge in [-0.05, 0) is 31.0 Å². The van der Waals surface area contributed by atoms with Gasteiger partial charge in [-0.25, -0.2) is 4.98 Å². The van der Waals surface area contributed by atoms with Crippen molar-refractivity contribution in [3.05, 3.63) is 60.0 Å². The standard InChI is InChI=1S/C22H25N7O/c1-27(2)22-25-17-13-16-9-10-18(29(16)19(30)14-28-12-6-11-23-28)20(17)21(26-22)24-15-7-4-3-5-8-15/h3-8,11-12,16,18H,9-10,13-14H2,1-2H3,(H,24,25,26). The summed E-state index contributed by atoms with van der Waals surface area (Å²) in [5, 5.41) is 7.68. The van der Waals surface area contributed by atoms with E-state index in [9.17, 15) is 4.79 Å². The lowest BCUT2D eigenvalue weighted by Crippen LogP contribution is -2.44. The number of fused-ring (bicyclic) bond motifs is 4. The van der Waals surface area contributed by atoms with E-state index in [2.05, 4.69) is 10.4 Å². The van der Waals surface area contributed by atoms with Crippen molar-refractivity contribution in [2.75, 3.05) is 24.3 Å². The second-order valence-corrected chi connectivity index (χ2v) is 8.07. The van der Waals surface area contributed by atoms with E-state index in [-0.39, 0.29) is 24.5 Å². The number of hydrogen-bond donors (Lipinski definition) is 1. The Morgan fingerprint density at radius 1 is 1.17 bits per heavy atom. The molecule has 1 saturated heterocycles. The molecule has 8 heteroatoms. The smallest absolute Gasteiger partial charge is 0.245 e. The molecule has 0 radical (unpaired) electrons. The van der Waals surface area contributed by atoms with Gasteiger partial charge in [-0.15, -0.1) is 0 Å². The first-order valence-electron chi connectivity index (χ1n) is 10.3. The largest absolute Gasteiger partial charge is 0.347 e. The average molecular weight is 403 g/mol. The van der Waals surface area contributed by atoms with E-state index < -0.39 is 0 Å². The maximum absolute atomic E-state index is 13.2. The fourth-order valence-corrected chi connectivity index (χ4v) is 4.54. The van der Waals surface area contributed by atoms with Crippen LogP contribution in [0.15, 0.2) is 48.8 Å². The molecule has 2 aromatic heterocycles. The van der Waals surface area contributed by atoms with Crippen LogP contribution in [0, 0.1) is 0 Å². The first-order valence-corrected chi connectivity index (χ1v) is 10.3. The van der Waals surface area contributed by atoms with Gasteiger partial charge in [0.1, 0.15) is 12.4 Å². The van der Waals surface area contributed by atoms with Crippen LogP contribution in [0.1, 0.15) is 30.1 Å². The first-order chi connectivity index (χ1) is 14.6. The molecule has 2 unspecified atom stereocenters. The third kappa shape index (κ3) is 3.28. The second-order valence-electron chi connectivity index (χ2n) is 8.07. The molecule has 5 rings (SSSR count). The van der Waals surface area contributed by atoms with E-state index in [0.717, 1.165) is 42.0 Å². The fraction of sp³-hybridized carbons (Fsp3) is 0.364. The number of para-hydroxylation sites is 1. The van der Waals surface area contributed by atoms with Crippen molar-refractivity contribution in [1.82, 2.24) is 24.6 Å². The first kappa shape index (κ1) is 18.6. The molecule has 1 fully saturated rings. The van der Waals surface area contributed by atoms with E-state index in [1.807, 2.05) is 66.5 Å². The molecule has 0 aliphatic carbocycles. The van der Waals surface area contributed by atoms with Crippen LogP contribution < -0.4 is 10.2 Å². The van der Waals surface area contributed by atoms with Crippen LogP contribution in [0.5, 0.6) is 0 Å². The molecule has 30 heavy (non-hydrogen) atoms. The highest BCUT2D eigenvalue weighted by molar-refractivity contribution is 5.78. The van der Waals surface area contributed by atoms with Gasteiger partial charge in [0.05, 0.1) is 11.7 Å². The topological polar surface area (TPSA) is 79.2 Å². The van der Waals surface area contributed by atoms with E-state index in [1.165, 1.54) is 0 Å². The zero-order valence-corrected chi connectivity index (χ0v) is 17.2. The van der Waals surface area contributed by atoms with Crippen LogP contribution in [0.25, 0.3) is 0 Å². The quantitative estimate of drug-likeness (QED) is 0.706. The molecule has 0 saturated carbocycles. The molecule has 4 heterocycles. The van der Waals surface area contributed by atoms with Gasteiger partial charge in [0.2, 0.25) is 11.9 Å².